The molecule has 7 heteroatoms. The van der Waals surface area contributed by atoms with Gasteiger partial charge >= 0.3 is 0 Å². The number of hydrazine groups is 1. The largest absolute Gasteiger partial charge is 0.454 e. The van der Waals surface area contributed by atoms with Crippen LogP contribution in [0.25, 0.3) is 0 Å². The lowest BCUT2D eigenvalue weighted by atomic mass is 10.2. The maximum Gasteiger partial charge on any atom is 0.279 e. The third-order valence-electron chi connectivity index (χ3n) is 2.89. The van der Waals surface area contributed by atoms with Gasteiger partial charge in [0, 0.05) is 10.4 Å². The zero-order chi connectivity index (χ0) is 14.8. The molecule has 0 radical (unpaired) electrons. The van der Waals surface area contributed by atoms with Crippen LogP contribution < -0.4 is 20.3 Å². The Morgan fingerprint density at radius 3 is 2.57 bits per heavy atom. The zero-order valence-electron chi connectivity index (χ0n) is 11.1. The van der Waals surface area contributed by atoms with Crippen molar-refractivity contribution in [3.8, 4) is 11.5 Å². The molecule has 0 bridgehead atoms. The van der Waals surface area contributed by atoms with Gasteiger partial charge in [-0.1, -0.05) is 0 Å². The first kappa shape index (κ1) is 13.4. The molecule has 6 nitrogen and oxygen atoms in total. The monoisotopic (exact) mass is 304 g/mol. The molecule has 0 unspecified atom stereocenters. The van der Waals surface area contributed by atoms with Gasteiger partial charge in [-0.2, -0.15) is 0 Å². The van der Waals surface area contributed by atoms with Gasteiger partial charge in [0.15, 0.2) is 11.5 Å². The predicted molar refractivity (Wildman–Crippen MR) is 76.6 cm³/mol. The lowest BCUT2D eigenvalue weighted by Crippen LogP contribution is -2.41. The fraction of sp³-hybridized carbons (Fsp3) is 0.143. The van der Waals surface area contributed by atoms with Crippen molar-refractivity contribution < 1.29 is 19.1 Å². The molecule has 0 saturated carbocycles. The van der Waals surface area contributed by atoms with Crippen molar-refractivity contribution in [3.05, 3.63) is 45.6 Å². The van der Waals surface area contributed by atoms with Gasteiger partial charge in [0.2, 0.25) is 6.79 Å². The van der Waals surface area contributed by atoms with E-state index >= 15 is 0 Å². The highest BCUT2D eigenvalue weighted by molar-refractivity contribution is 7.13. The SMILES string of the molecule is Cc1ccc(C(=O)NNC(=O)c2ccc3c(c2)OCO3)s1. The normalized spacial score (nSPS) is 12.0. The average Bonchev–Trinajstić information content (AvgIpc) is 3.12. The Hall–Kier alpha value is -2.54. The molecule has 1 aliphatic heterocycles. The summed E-state index contributed by atoms with van der Waals surface area (Å²) in [5.74, 6) is 0.352. The number of carbonyl (C=O) groups excluding carboxylic acids is 2. The van der Waals surface area contributed by atoms with Crippen LogP contribution in [-0.2, 0) is 0 Å². The Balaban J connectivity index is 1.63. The van der Waals surface area contributed by atoms with E-state index in [2.05, 4.69) is 10.9 Å². The van der Waals surface area contributed by atoms with E-state index in [1.165, 1.54) is 11.3 Å². The van der Waals surface area contributed by atoms with E-state index in [4.69, 9.17) is 9.47 Å². The molecule has 2 amide bonds. The molecule has 2 heterocycles. The zero-order valence-corrected chi connectivity index (χ0v) is 12.0. The summed E-state index contributed by atoms with van der Waals surface area (Å²) in [6.07, 6.45) is 0. The summed E-state index contributed by atoms with van der Waals surface area (Å²) in [6, 6.07) is 8.38. The molecule has 1 aromatic heterocycles. The van der Waals surface area contributed by atoms with Gasteiger partial charge < -0.3 is 9.47 Å². The Labute approximate surface area is 124 Å². The molecule has 21 heavy (non-hydrogen) atoms. The molecule has 108 valence electrons. The van der Waals surface area contributed by atoms with E-state index in [0.29, 0.717) is 21.9 Å². The van der Waals surface area contributed by atoms with Gasteiger partial charge in [0.25, 0.3) is 11.8 Å². The first-order chi connectivity index (χ1) is 10.1. The summed E-state index contributed by atoms with van der Waals surface area (Å²) >= 11 is 1.36. The summed E-state index contributed by atoms with van der Waals surface area (Å²) in [7, 11) is 0. The molecule has 0 saturated heterocycles. The molecule has 1 aromatic carbocycles. The number of hydrogen-bond acceptors (Lipinski definition) is 5. The standard InChI is InChI=1S/C14H12N2O4S/c1-8-2-5-12(21-8)14(18)16-15-13(17)9-3-4-10-11(6-9)20-7-19-10/h2-6H,7H2,1H3,(H,15,17)(H,16,18). The van der Waals surface area contributed by atoms with Crippen LogP contribution in [0.4, 0.5) is 0 Å². The summed E-state index contributed by atoms with van der Waals surface area (Å²) in [5.41, 5.74) is 5.12. The van der Waals surface area contributed by atoms with Crippen molar-refractivity contribution in [2.75, 3.05) is 6.79 Å². The van der Waals surface area contributed by atoms with Crippen molar-refractivity contribution >= 4 is 23.2 Å². The van der Waals surface area contributed by atoms with Crippen LogP contribution in [0.3, 0.4) is 0 Å². The summed E-state index contributed by atoms with van der Waals surface area (Å²) in [6.45, 7) is 2.06. The summed E-state index contributed by atoms with van der Waals surface area (Å²) in [4.78, 5) is 25.4. The van der Waals surface area contributed by atoms with E-state index in [1.54, 1.807) is 24.3 Å². The molecule has 0 fully saturated rings. The highest BCUT2D eigenvalue weighted by Crippen LogP contribution is 2.32. The van der Waals surface area contributed by atoms with Gasteiger partial charge in [-0.15, -0.1) is 11.3 Å². The second-order valence-corrected chi connectivity index (χ2v) is 5.67. The smallest absolute Gasteiger partial charge is 0.279 e. The highest BCUT2D eigenvalue weighted by atomic mass is 32.1. The third-order valence-corrected chi connectivity index (χ3v) is 3.89. The van der Waals surface area contributed by atoms with Crippen molar-refractivity contribution in [2.24, 2.45) is 0 Å². The number of hydrogen-bond donors (Lipinski definition) is 2. The minimum Gasteiger partial charge on any atom is -0.454 e. The number of amides is 2. The number of thiophene rings is 1. The summed E-state index contributed by atoms with van der Waals surface area (Å²) in [5, 5.41) is 0. The first-order valence-electron chi connectivity index (χ1n) is 6.20. The molecular weight excluding hydrogens is 292 g/mol. The molecule has 3 rings (SSSR count). The van der Waals surface area contributed by atoms with Gasteiger partial charge in [-0.25, -0.2) is 0 Å². The topological polar surface area (TPSA) is 76.7 Å². The van der Waals surface area contributed by atoms with E-state index in [-0.39, 0.29) is 12.7 Å². The number of ether oxygens (including phenoxy) is 2. The second kappa shape index (κ2) is 5.45. The Morgan fingerprint density at radius 1 is 1.05 bits per heavy atom. The summed E-state index contributed by atoms with van der Waals surface area (Å²) < 4.78 is 10.4. The van der Waals surface area contributed by atoms with E-state index in [9.17, 15) is 9.59 Å². The lowest BCUT2D eigenvalue weighted by Gasteiger charge is -2.06. The van der Waals surface area contributed by atoms with Crippen LogP contribution in [0, 0.1) is 6.92 Å². The molecule has 1 aliphatic rings. The minimum absolute atomic E-state index is 0.148. The van der Waals surface area contributed by atoms with Crippen molar-refractivity contribution in [1.82, 2.24) is 10.9 Å². The van der Waals surface area contributed by atoms with Crippen molar-refractivity contribution in [1.29, 1.82) is 0 Å². The molecule has 2 aromatic rings. The van der Waals surface area contributed by atoms with Crippen LogP contribution in [0.1, 0.15) is 24.9 Å². The number of aryl methyl sites for hydroxylation is 1. The third kappa shape index (κ3) is 2.82. The Morgan fingerprint density at radius 2 is 1.81 bits per heavy atom. The highest BCUT2D eigenvalue weighted by Gasteiger charge is 2.16. The van der Waals surface area contributed by atoms with Crippen LogP contribution in [0.5, 0.6) is 11.5 Å². The van der Waals surface area contributed by atoms with Crippen molar-refractivity contribution in [3.63, 3.8) is 0 Å². The average molecular weight is 304 g/mol. The van der Waals surface area contributed by atoms with Crippen LogP contribution in [0.15, 0.2) is 30.3 Å². The molecule has 0 spiro atoms. The van der Waals surface area contributed by atoms with Gasteiger partial charge in [-0.05, 0) is 37.3 Å². The quantitative estimate of drug-likeness (QED) is 0.830. The fourth-order valence-electron chi connectivity index (χ4n) is 1.84. The number of fused-ring (bicyclic) bond motifs is 1. The minimum atomic E-state index is -0.421. The van der Waals surface area contributed by atoms with Crippen LogP contribution in [-0.4, -0.2) is 18.6 Å². The van der Waals surface area contributed by atoms with E-state index < -0.39 is 5.91 Å². The molecule has 0 aliphatic carbocycles. The fourth-order valence-corrected chi connectivity index (χ4v) is 2.60. The van der Waals surface area contributed by atoms with Crippen LogP contribution in [0.2, 0.25) is 0 Å². The van der Waals surface area contributed by atoms with Gasteiger partial charge in [-0.3, -0.25) is 20.4 Å². The first-order valence-corrected chi connectivity index (χ1v) is 7.02. The molecule has 2 N–H and O–H groups in total. The van der Waals surface area contributed by atoms with Crippen LogP contribution >= 0.6 is 11.3 Å². The second-order valence-electron chi connectivity index (χ2n) is 4.39. The maximum atomic E-state index is 12.0. The Bertz CT molecular complexity index is 711. The predicted octanol–water partition coefficient (Wildman–Crippen LogP) is 1.86. The molecular formula is C14H12N2O4S. The number of nitrogens with one attached hydrogen (secondary N) is 2. The number of rotatable bonds is 2. The molecule has 0 atom stereocenters. The van der Waals surface area contributed by atoms with Gasteiger partial charge in [0.1, 0.15) is 0 Å². The Kier molecular flexibility index (Phi) is 3.49. The number of carbonyl (C=O) groups is 2. The number of benzene rings is 1. The van der Waals surface area contributed by atoms with Crippen molar-refractivity contribution in [2.45, 2.75) is 6.92 Å². The van der Waals surface area contributed by atoms with E-state index in [1.807, 2.05) is 13.0 Å². The van der Waals surface area contributed by atoms with Gasteiger partial charge in [0.05, 0.1) is 4.88 Å². The maximum absolute atomic E-state index is 12.0. The van der Waals surface area contributed by atoms with E-state index in [0.717, 1.165) is 4.88 Å². The lowest BCUT2D eigenvalue weighted by molar-refractivity contribution is 0.0848.